The van der Waals surface area contributed by atoms with Crippen molar-refractivity contribution in [1.29, 1.82) is 0 Å². The number of imide groups is 2. The Kier molecular flexibility index (Phi) is 4.43. The Morgan fingerprint density at radius 1 is 1.11 bits per heavy atom. The Morgan fingerprint density at radius 2 is 1.93 bits per heavy atom. The van der Waals surface area contributed by atoms with E-state index in [2.05, 4.69) is 10.3 Å². The van der Waals surface area contributed by atoms with Crippen LogP contribution < -0.4 is 15.1 Å². The SMILES string of the molecule is O=C1NC(=O)N(c2cccnc2)C(=O)/C1=C/c1ccc(N2CCOCC2)o1. The van der Waals surface area contributed by atoms with E-state index < -0.39 is 17.8 Å². The van der Waals surface area contributed by atoms with Crippen molar-refractivity contribution >= 4 is 35.5 Å². The minimum absolute atomic E-state index is 0.193. The standard InChI is InChI=1S/C18H16N4O5/c23-16-14(10-13-3-4-15(27-13)21-6-8-26-9-7-21)17(24)22(18(25)20-16)12-2-1-5-19-11-12/h1-5,10-11H,6-9H2,(H,20,23,25)/b14-10+. The lowest BCUT2D eigenvalue weighted by molar-refractivity contribution is -0.122. The molecule has 0 unspecified atom stereocenters. The summed E-state index contributed by atoms with van der Waals surface area (Å²) in [5.74, 6) is -0.528. The number of nitrogens with zero attached hydrogens (tertiary/aromatic N) is 3. The number of aromatic nitrogens is 1. The average Bonchev–Trinajstić information content (AvgIpc) is 3.15. The Morgan fingerprint density at radius 3 is 2.67 bits per heavy atom. The van der Waals surface area contributed by atoms with Crippen LogP contribution in [0.25, 0.3) is 6.08 Å². The number of rotatable bonds is 3. The molecule has 4 heterocycles. The van der Waals surface area contributed by atoms with Gasteiger partial charge in [-0.15, -0.1) is 0 Å². The number of pyridine rings is 1. The summed E-state index contributed by atoms with van der Waals surface area (Å²) in [7, 11) is 0. The van der Waals surface area contributed by atoms with Crippen LogP contribution in [0.4, 0.5) is 16.4 Å². The van der Waals surface area contributed by atoms with E-state index in [1.165, 1.54) is 18.5 Å². The average molecular weight is 368 g/mol. The van der Waals surface area contributed by atoms with Gasteiger partial charge in [-0.1, -0.05) is 0 Å². The maximum absolute atomic E-state index is 12.7. The molecular formula is C18H16N4O5. The third-order valence-corrected chi connectivity index (χ3v) is 4.23. The molecule has 9 heteroatoms. The van der Waals surface area contributed by atoms with E-state index in [4.69, 9.17) is 9.15 Å². The van der Waals surface area contributed by atoms with Gasteiger partial charge in [0.2, 0.25) is 0 Å². The maximum atomic E-state index is 12.7. The van der Waals surface area contributed by atoms with Crippen LogP contribution >= 0.6 is 0 Å². The second-order valence-electron chi connectivity index (χ2n) is 5.94. The molecule has 2 fully saturated rings. The van der Waals surface area contributed by atoms with Gasteiger partial charge in [0.15, 0.2) is 5.88 Å². The summed E-state index contributed by atoms with van der Waals surface area (Å²) in [6.07, 6.45) is 4.22. The number of amides is 4. The number of hydrogen-bond donors (Lipinski definition) is 1. The van der Waals surface area contributed by atoms with Crippen LogP contribution in [0, 0.1) is 0 Å². The molecule has 0 atom stereocenters. The summed E-state index contributed by atoms with van der Waals surface area (Å²) in [4.78, 5) is 43.8. The summed E-state index contributed by atoms with van der Waals surface area (Å²) in [5.41, 5.74) is 0.0770. The highest BCUT2D eigenvalue weighted by atomic mass is 16.5. The molecule has 2 aliphatic heterocycles. The van der Waals surface area contributed by atoms with Gasteiger partial charge in [0, 0.05) is 25.4 Å². The van der Waals surface area contributed by atoms with Gasteiger partial charge in [0.1, 0.15) is 11.3 Å². The number of furan rings is 1. The number of urea groups is 1. The van der Waals surface area contributed by atoms with Gasteiger partial charge in [-0.3, -0.25) is 19.9 Å². The van der Waals surface area contributed by atoms with Gasteiger partial charge >= 0.3 is 6.03 Å². The third-order valence-electron chi connectivity index (χ3n) is 4.23. The molecule has 0 aromatic carbocycles. The lowest BCUT2D eigenvalue weighted by Gasteiger charge is -2.26. The van der Waals surface area contributed by atoms with Crippen LogP contribution in [0.3, 0.4) is 0 Å². The molecule has 0 saturated carbocycles. The van der Waals surface area contributed by atoms with Crippen molar-refractivity contribution in [3.8, 4) is 0 Å². The molecule has 9 nitrogen and oxygen atoms in total. The number of carbonyl (C=O) groups excluding carboxylic acids is 3. The highest BCUT2D eigenvalue weighted by Gasteiger charge is 2.37. The van der Waals surface area contributed by atoms with Crippen molar-refractivity contribution in [2.45, 2.75) is 0 Å². The number of hydrogen-bond acceptors (Lipinski definition) is 7. The molecule has 0 spiro atoms. The Bertz CT molecular complexity index is 915. The number of carbonyl (C=O) groups is 3. The van der Waals surface area contributed by atoms with Crippen LogP contribution in [0.1, 0.15) is 5.76 Å². The largest absolute Gasteiger partial charge is 0.441 e. The van der Waals surface area contributed by atoms with Gasteiger partial charge in [-0.25, -0.2) is 9.69 Å². The topological polar surface area (TPSA) is 105 Å². The predicted molar refractivity (Wildman–Crippen MR) is 95.0 cm³/mol. The zero-order valence-corrected chi connectivity index (χ0v) is 14.3. The summed E-state index contributed by atoms with van der Waals surface area (Å²) in [6, 6.07) is 5.78. The summed E-state index contributed by atoms with van der Waals surface area (Å²) >= 11 is 0. The minimum atomic E-state index is -0.816. The number of ether oxygens (including phenoxy) is 1. The molecule has 2 aliphatic rings. The smallest absolute Gasteiger partial charge is 0.336 e. The summed E-state index contributed by atoms with van der Waals surface area (Å²) < 4.78 is 11.0. The molecule has 1 N–H and O–H groups in total. The summed E-state index contributed by atoms with van der Waals surface area (Å²) in [6.45, 7) is 2.62. The molecule has 4 rings (SSSR count). The second-order valence-corrected chi connectivity index (χ2v) is 5.94. The molecule has 2 aromatic heterocycles. The fourth-order valence-electron chi connectivity index (χ4n) is 2.89. The molecule has 0 radical (unpaired) electrons. The predicted octanol–water partition coefficient (Wildman–Crippen LogP) is 1.18. The van der Waals surface area contributed by atoms with E-state index in [1.54, 1.807) is 24.3 Å². The van der Waals surface area contributed by atoms with Crippen molar-refractivity contribution in [3.63, 3.8) is 0 Å². The maximum Gasteiger partial charge on any atom is 0.336 e. The van der Waals surface area contributed by atoms with Gasteiger partial charge in [-0.05, 0) is 24.3 Å². The monoisotopic (exact) mass is 368 g/mol. The third kappa shape index (κ3) is 3.32. The van der Waals surface area contributed by atoms with Crippen molar-refractivity contribution < 1.29 is 23.5 Å². The molecule has 2 saturated heterocycles. The first-order chi connectivity index (χ1) is 13.1. The second kappa shape index (κ2) is 7.04. The minimum Gasteiger partial charge on any atom is -0.441 e. The van der Waals surface area contributed by atoms with Gasteiger partial charge in [0.05, 0.1) is 25.1 Å². The van der Waals surface area contributed by atoms with Gasteiger partial charge in [-0.2, -0.15) is 0 Å². The molecule has 4 amide bonds. The van der Waals surface area contributed by atoms with Crippen LogP contribution in [0.15, 0.2) is 46.6 Å². The van der Waals surface area contributed by atoms with Gasteiger partial charge < -0.3 is 14.1 Å². The van der Waals surface area contributed by atoms with Gasteiger partial charge in [0.25, 0.3) is 11.8 Å². The number of barbiturate groups is 1. The fraction of sp³-hybridized carbons (Fsp3) is 0.222. The van der Waals surface area contributed by atoms with Crippen molar-refractivity contribution in [1.82, 2.24) is 10.3 Å². The molecule has 2 aromatic rings. The molecule has 27 heavy (non-hydrogen) atoms. The van der Waals surface area contributed by atoms with Crippen molar-refractivity contribution in [3.05, 3.63) is 48.0 Å². The zero-order valence-electron chi connectivity index (χ0n) is 14.3. The highest BCUT2D eigenvalue weighted by Crippen LogP contribution is 2.24. The highest BCUT2D eigenvalue weighted by molar-refractivity contribution is 6.39. The normalized spacial score (nSPS) is 19.6. The zero-order chi connectivity index (χ0) is 18.8. The Balaban J connectivity index is 1.62. The Labute approximate surface area is 154 Å². The van der Waals surface area contributed by atoms with Crippen LogP contribution in [0.5, 0.6) is 0 Å². The van der Waals surface area contributed by atoms with E-state index in [0.717, 1.165) is 4.90 Å². The van der Waals surface area contributed by atoms with Crippen LogP contribution in [-0.4, -0.2) is 49.1 Å². The fourth-order valence-corrected chi connectivity index (χ4v) is 2.89. The van der Waals surface area contributed by atoms with E-state index in [-0.39, 0.29) is 11.3 Å². The first-order valence-electron chi connectivity index (χ1n) is 8.37. The van der Waals surface area contributed by atoms with Crippen molar-refractivity contribution in [2.75, 3.05) is 36.1 Å². The van der Waals surface area contributed by atoms with E-state index >= 15 is 0 Å². The molecule has 0 bridgehead atoms. The first-order valence-corrected chi connectivity index (χ1v) is 8.37. The first kappa shape index (κ1) is 17.0. The van der Waals surface area contributed by atoms with E-state index in [0.29, 0.717) is 37.9 Å². The molecule has 138 valence electrons. The van der Waals surface area contributed by atoms with Crippen LogP contribution in [-0.2, 0) is 14.3 Å². The molecular weight excluding hydrogens is 352 g/mol. The quantitative estimate of drug-likeness (QED) is 0.641. The number of anilines is 2. The number of nitrogens with one attached hydrogen (secondary N) is 1. The lowest BCUT2D eigenvalue weighted by atomic mass is 10.1. The van der Waals surface area contributed by atoms with Crippen molar-refractivity contribution in [2.24, 2.45) is 0 Å². The van der Waals surface area contributed by atoms with E-state index in [9.17, 15) is 14.4 Å². The van der Waals surface area contributed by atoms with E-state index in [1.807, 2.05) is 4.90 Å². The summed E-state index contributed by atoms with van der Waals surface area (Å²) in [5, 5.41) is 2.16. The van der Waals surface area contributed by atoms with Crippen LogP contribution in [0.2, 0.25) is 0 Å². The molecule has 0 aliphatic carbocycles. The lowest BCUT2D eigenvalue weighted by Crippen LogP contribution is -2.54. The Hall–Kier alpha value is -3.46. The number of morpholine rings is 1.